The Labute approximate surface area is 129 Å². The molecule has 22 heavy (non-hydrogen) atoms. The van der Waals surface area contributed by atoms with Gasteiger partial charge in [0.05, 0.1) is 4.92 Å². The topological polar surface area (TPSA) is 67.2 Å². The Morgan fingerprint density at radius 2 is 1.86 bits per heavy atom. The zero-order valence-corrected chi connectivity index (χ0v) is 12.3. The van der Waals surface area contributed by atoms with Gasteiger partial charge in [0.2, 0.25) is 0 Å². The van der Waals surface area contributed by atoms with E-state index < -0.39 is 0 Å². The molecule has 1 aliphatic rings. The molecule has 3 rings (SSSR count). The molecule has 1 saturated heterocycles. The highest BCUT2D eigenvalue weighted by Gasteiger charge is 2.15. The first-order valence-corrected chi connectivity index (χ1v) is 7.53. The molecule has 5 heteroatoms. The molecule has 0 spiro atoms. The molecule has 1 aliphatic heterocycles. The van der Waals surface area contributed by atoms with Crippen LogP contribution in [0.4, 0.5) is 11.4 Å². The zero-order chi connectivity index (χ0) is 15.4. The van der Waals surface area contributed by atoms with Crippen molar-refractivity contribution in [3.8, 4) is 0 Å². The van der Waals surface area contributed by atoms with Gasteiger partial charge in [-0.2, -0.15) is 0 Å². The third-order valence-corrected chi connectivity index (χ3v) is 4.02. The van der Waals surface area contributed by atoms with Crippen LogP contribution in [0, 0.1) is 10.1 Å². The Morgan fingerprint density at radius 3 is 2.45 bits per heavy atom. The summed E-state index contributed by atoms with van der Waals surface area (Å²) in [5, 5.41) is 17.4. The standard InChI is InChI=1S/C17H19N3O2/c21-20(22)16-9-3-13(4-10-16)12-19-15-7-5-14(6-8-15)17-2-1-11-18-17/h3-10,17-19H,1-2,11-12H2. The quantitative estimate of drug-likeness (QED) is 0.653. The average molecular weight is 297 g/mol. The monoisotopic (exact) mass is 297 g/mol. The van der Waals surface area contributed by atoms with Crippen molar-refractivity contribution in [2.45, 2.75) is 25.4 Å². The molecule has 0 saturated carbocycles. The molecule has 0 aromatic heterocycles. The molecular weight excluding hydrogens is 278 g/mol. The van der Waals surface area contributed by atoms with Gasteiger partial charge in [0, 0.05) is 30.4 Å². The maximum absolute atomic E-state index is 10.6. The highest BCUT2D eigenvalue weighted by Crippen LogP contribution is 2.24. The number of non-ortho nitro benzene ring substituents is 1. The third-order valence-electron chi connectivity index (χ3n) is 4.02. The van der Waals surface area contributed by atoms with Crippen LogP contribution >= 0.6 is 0 Å². The highest BCUT2D eigenvalue weighted by molar-refractivity contribution is 5.46. The second-order valence-electron chi connectivity index (χ2n) is 5.55. The fourth-order valence-electron chi connectivity index (χ4n) is 2.74. The van der Waals surface area contributed by atoms with Crippen LogP contribution in [-0.2, 0) is 6.54 Å². The van der Waals surface area contributed by atoms with E-state index >= 15 is 0 Å². The number of benzene rings is 2. The van der Waals surface area contributed by atoms with Gasteiger partial charge in [-0.25, -0.2) is 0 Å². The molecule has 1 heterocycles. The molecular formula is C17H19N3O2. The van der Waals surface area contributed by atoms with Crippen LogP contribution in [0.25, 0.3) is 0 Å². The van der Waals surface area contributed by atoms with Crippen LogP contribution in [-0.4, -0.2) is 11.5 Å². The van der Waals surface area contributed by atoms with Gasteiger partial charge >= 0.3 is 0 Å². The van der Waals surface area contributed by atoms with E-state index in [2.05, 4.69) is 34.9 Å². The van der Waals surface area contributed by atoms with E-state index in [1.807, 2.05) is 0 Å². The molecule has 0 aliphatic carbocycles. The SMILES string of the molecule is O=[N+]([O-])c1ccc(CNc2ccc(C3CCCN3)cc2)cc1. The van der Waals surface area contributed by atoms with E-state index in [4.69, 9.17) is 0 Å². The summed E-state index contributed by atoms with van der Waals surface area (Å²) in [5.41, 5.74) is 3.53. The molecule has 1 unspecified atom stereocenters. The van der Waals surface area contributed by atoms with Gasteiger partial charge in [-0.15, -0.1) is 0 Å². The van der Waals surface area contributed by atoms with E-state index in [1.54, 1.807) is 12.1 Å². The number of nitrogens with zero attached hydrogens (tertiary/aromatic N) is 1. The second-order valence-corrected chi connectivity index (χ2v) is 5.55. The van der Waals surface area contributed by atoms with Crippen LogP contribution < -0.4 is 10.6 Å². The van der Waals surface area contributed by atoms with Crippen molar-refractivity contribution in [1.29, 1.82) is 0 Å². The molecule has 114 valence electrons. The number of nitro groups is 1. The van der Waals surface area contributed by atoms with Crippen molar-refractivity contribution in [2.24, 2.45) is 0 Å². The van der Waals surface area contributed by atoms with E-state index in [1.165, 1.54) is 30.5 Å². The maximum atomic E-state index is 10.6. The first-order valence-electron chi connectivity index (χ1n) is 7.53. The number of hydrogen-bond donors (Lipinski definition) is 2. The number of anilines is 1. The Kier molecular flexibility index (Phi) is 4.34. The highest BCUT2D eigenvalue weighted by atomic mass is 16.6. The van der Waals surface area contributed by atoms with Crippen molar-refractivity contribution in [2.75, 3.05) is 11.9 Å². The van der Waals surface area contributed by atoms with Crippen LogP contribution in [0.1, 0.15) is 30.0 Å². The van der Waals surface area contributed by atoms with Gasteiger partial charge in [-0.3, -0.25) is 10.1 Å². The van der Waals surface area contributed by atoms with Gasteiger partial charge in [-0.05, 0) is 42.6 Å². The van der Waals surface area contributed by atoms with Gasteiger partial charge in [0.25, 0.3) is 5.69 Å². The lowest BCUT2D eigenvalue weighted by Crippen LogP contribution is -2.12. The molecule has 2 aromatic rings. The maximum Gasteiger partial charge on any atom is 0.269 e. The fourth-order valence-corrected chi connectivity index (χ4v) is 2.74. The normalized spacial score (nSPS) is 17.4. The predicted octanol–water partition coefficient (Wildman–Crippen LogP) is 3.63. The van der Waals surface area contributed by atoms with E-state index in [0.717, 1.165) is 17.8 Å². The van der Waals surface area contributed by atoms with Crippen LogP contribution in [0.5, 0.6) is 0 Å². The van der Waals surface area contributed by atoms with Gasteiger partial charge in [-0.1, -0.05) is 24.3 Å². The van der Waals surface area contributed by atoms with Crippen LogP contribution in [0.3, 0.4) is 0 Å². The van der Waals surface area contributed by atoms with Crippen molar-refractivity contribution >= 4 is 11.4 Å². The zero-order valence-electron chi connectivity index (χ0n) is 12.3. The molecule has 2 N–H and O–H groups in total. The van der Waals surface area contributed by atoms with Gasteiger partial charge in [0.15, 0.2) is 0 Å². The summed E-state index contributed by atoms with van der Waals surface area (Å²) in [7, 11) is 0. The van der Waals surface area contributed by atoms with Crippen molar-refractivity contribution in [3.05, 3.63) is 69.8 Å². The average Bonchev–Trinajstić information content (AvgIpc) is 3.08. The Balaban J connectivity index is 1.57. The second kappa shape index (κ2) is 6.58. The van der Waals surface area contributed by atoms with E-state index in [9.17, 15) is 10.1 Å². The molecule has 1 atom stereocenters. The van der Waals surface area contributed by atoms with Gasteiger partial charge in [0.1, 0.15) is 0 Å². The lowest BCUT2D eigenvalue weighted by atomic mass is 10.1. The van der Waals surface area contributed by atoms with E-state index in [0.29, 0.717) is 12.6 Å². The number of rotatable bonds is 5. The Bertz CT molecular complexity index is 632. The third kappa shape index (κ3) is 3.43. The summed E-state index contributed by atoms with van der Waals surface area (Å²) in [6.07, 6.45) is 2.44. The minimum Gasteiger partial charge on any atom is -0.381 e. The number of hydrogen-bond acceptors (Lipinski definition) is 4. The minimum absolute atomic E-state index is 0.122. The summed E-state index contributed by atoms with van der Waals surface area (Å²) >= 11 is 0. The smallest absolute Gasteiger partial charge is 0.269 e. The number of nitrogens with one attached hydrogen (secondary N) is 2. The van der Waals surface area contributed by atoms with E-state index in [-0.39, 0.29) is 10.6 Å². The van der Waals surface area contributed by atoms with Crippen molar-refractivity contribution in [1.82, 2.24) is 5.32 Å². The van der Waals surface area contributed by atoms with Gasteiger partial charge < -0.3 is 10.6 Å². The molecule has 0 amide bonds. The predicted molar refractivity (Wildman–Crippen MR) is 86.8 cm³/mol. The minimum atomic E-state index is -0.382. The first kappa shape index (κ1) is 14.5. The van der Waals surface area contributed by atoms with Crippen molar-refractivity contribution < 1.29 is 4.92 Å². The fraction of sp³-hybridized carbons (Fsp3) is 0.294. The molecule has 5 nitrogen and oxygen atoms in total. The summed E-state index contributed by atoms with van der Waals surface area (Å²) in [6, 6.07) is 15.6. The molecule has 0 bridgehead atoms. The van der Waals surface area contributed by atoms with Crippen LogP contribution in [0.15, 0.2) is 48.5 Å². The van der Waals surface area contributed by atoms with Crippen molar-refractivity contribution in [3.63, 3.8) is 0 Å². The summed E-state index contributed by atoms with van der Waals surface area (Å²) in [5.74, 6) is 0. The summed E-state index contributed by atoms with van der Waals surface area (Å²) in [4.78, 5) is 10.2. The summed E-state index contributed by atoms with van der Waals surface area (Å²) < 4.78 is 0. The lowest BCUT2D eigenvalue weighted by Gasteiger charge is -2.12. The molecule has 2 aromatic carbocycles. The summed E-state index contributed by atoms with van der Waals surface area (Å²) in [6.45, 7) is 1.75. The molecule has 1 fully saturated rings. The number of nitro benzene ring substituents is 1. The van der Waals surface area contributed by atoms with Crippen LogP contribution in [0.2, 0.25) is 0 Å². The lowest BCUT2D eigenvalue weighted by molar-refractivity contribution is -0.384. The largest absolute Gasteiger partial charge is 0.381 e. The first-order chi connectivity index (χ1) is 10.7. The Hall–Kier alpha value is -2.40. The Morgan fingerprint density at radius 1 is 1.14 bits per heavy atom. The molecule has 0 radical (unpaired) electrons.